The average Bonchev–Trinajstić information content (AvgIpc) is 2.43. The van der Waals surface area contributed by atoms with E-state index in [0.717, 1.165) is 0 Å². The van der Waals surface area contributed by atoms with Crippen LogP contribution in [0, 0.1) is 17.5 Å². The molecule has 0 atom stereocenters. The highest BCUT2D eigenvalue weighted by Crippen LogP contribution is 2.27. The molecule has 3 N–H and O–H groups in total. The molecule has 1 amide bonds. The van der Waals surface area contributed by atoms with Crippen molar-refractivity contribution in [3.63, 3.8) is 0 Å². The number of hydrogen-bond donors (Lipinski definition) is 2. The van der Waals surface area contributed by atoms with Gasteiger partial charge in [-0.25, -0.2) is 13.2 Å². The maximum atomic E-state index is 13.5. The second-order valence-corrected chi connectivity index (χ2v) is 4.13. The van der Waals surface area contributed by atoms with Gasteiger partial charge in [0.2, 0.25) is 0 Å². The highest BCUT2D eigenvalue weighted by Gasteiger charge is 2.18. The van der Waals surface area contributed by atoms with Crippen LogP contribution in [0.3, 0.4) is 0 Å². The van der Waals surface area contributed by atoms with E-state index in [-0.39, 0.29) is 17.0 Å². The van der Waals surface area contributed by atoms with E-state index in [9.17, 15) is 18.0 Å². The average molecular weight is 296 g/mol. The molecule has 0 aliphatic heterocycles. The number of nitrogen functional groups attached to an aromatic ring is 1. The fourth-order valence-corrected chi connectivity index (χ4v) is 1.80. The molecule has 0 aliphatic carbocycles. The third-order valence-electron chi connectivity index (χ3n) is 2.74. The minimum atomic E-state index is -1.40. The fraction of sp³-hybridized carbons (Fsp3) is 0.0714. The standard InChI is InChI=1S/C14H11F3N2O2/c1-21-13-8(3-2-4-10(13)18)14(20)19-11-6-7(15)5-9(16)12(11)17/h2-6H,18H2,1H3,(H,19,20). The second-order valence-electron chi connectivity index (χ2n) is 4.13. The number of methoxy groups -OCH3 is 1. The lowest BCUT2D eigenvalue weighted by Gasteiger charge is -2.12. The van der Waals surface area contributed by atoms with Crippen molar-refractivity contribution < 1.29 is 22.7 Å². The van der Waals surface area contributed by atoms with E-state index in [2.05, 4.69) is 5.32 Å². The number of nitrogens with one attached hydrogen (secondary N) is 1. The Kier molecular flexibility index (Phi) is 4.02. The topological polar surface area (TPSA) is 64.3 Å². The number of amides is 1. The van der Waals surface area contributed by atoms with E-state index in [4.69, 9.17) is 10.5 Å². The summed E-state index contributed by atoms with van der Waals surface area (Å²) in [6, 6.07) is 5.45. The van der Waals surface area contributed by atoms with Gasteiger partial charge in [-0.2, -0.15) is 0 Å². The Morgan fingerprint density at radius 2 is 1.95 bits per heavy atom. The molecule has 0 saturated heterocycles. The summed E-state index contributed by atoms with van der Waals surface area (Å²) in [5, 5.41) is 2.08. The first-order chi connectivity index (χ1) is 9.93. The SMILES string of the molecule is COc1c(N)cccc1C(=O)Nc1cc(F)cc(F)c1F. The van der Waals surface area contributed by atoms with Crippen molar-refractivity contribution in [2.45, 2.75) is 0 Å². The van der Waals surface area contributed by atoms with Crippen LogP contribution >= 0.6 is 0 Å². The molecule has 0 aliphatic rings. The van der Waals surface area contributed by atoms with Crippen LogP contribution in [0.25, 0.3) is 0 Å². The smallest absolute Gasteiger partial charge is 0.259 e. The van der Waals surface area contributed by atoms with Gasteiger partial charge in [0.1, 0.15) is 5.82 Å². The molecule has 0 spiro atoms. The molecule has 7 heteroatoms. The molecule has 0 unspecified atom stereocenters. The summed E-state index contributed by atoms with van der Waals surface area (Å²) < 4.78 is 44.7. The van der Waals surface area contributed by atoms with Crippen LogP contribution in [0.4, 0.5) is 24.5 Å². The van der Waals surface area contributed by atoms with Crippen LogP contribution in [-0.2, 0) is 0 Å². The third-order valence-corrected chi connectivity index (χ3v) is 2.74. The van der Waals surface area contributed by atoms with Crippen LogP contribution in [0.2, 0.25) is 0 Å². The number of nitrogens with two attached hydrogens (primary N) is 1. The highest BCUT2D eigenvalue weighted by molar-refractivity contribution is 6.07. The van der Waals surface area contributed by atoms with E-state index in [1.807, 2.05) is 0 Å². The summed E-state index contributed by atoms with van der Waals surface area (Å²) in [5.41, 5.74) is 5.25. The van der Waals surface area contributed by atoms with Gasteiger partial charge >= 0.3 is 0 Å². The number of ether oxygens (including phenoxy) is 1. The van der Waals surface area contributed by atoms with Gasteiger partial charge in [-0.05, 0) is 12.1 Å². The summed E-state index contributed by atoms with van der Waals surface area (Å²) in [7, 11) is 1.31. The number of rotatable bonds is 3. The number of halogens is 3. The van der Waals surface area contributed by atoms with Gasteiger partial charge in [0.05, 0.1) is 24.0 Å². The minimum Gasteiger partial charge on any atom is -0.494 e. The summed E-state index contributed by atoms with van der Waals surface area (Å²) >= 11 is 0. The minimum absolute atomic E-state index is 0.0153. The van der Waals surface area contributed by atoms with Gasteiger partial charge in [-0.15, -0.1) is 0 Å². The molecule has 0 fully saturated rings. The molecule has 2 aromatic carbocycles. The van der Waals surface area contributed by atoms with Crippen molar-refractivity contribution >= 4 is 17.3 Å². The number of para-hydroxylation sites is 1. The van der Waals surface area contributed by atoms with Crippen LogP contribution in [0.1, 0.15) is 10.4 Å². The molecule has 0 bridgehead atoms. The molecule has 2 rings (SSSR count). The Bertz CT molecular complexity index is 705. The van der Waals surface area contributed by atoms with Gasteiger partial charge in [0, 0.05) is 12.1 Å². The molecule has 4 nitrogen and oxygen atoms in total. The molecule has 0 radical (unpaired) electrons. The van der Waals surface area contributed by atoms with Gasteiger partial charge in [0.15, 0.2) is 17.4 Å². The molecule has 2 aromatic rings. The number of benzene rings is 2. The van der Waals surface area contributed by atoms with E-state index >= 15 is 0 Å². The van der Waals surface area contributed by atoms with Gasteiger partial charge in [-0.3, -0.25) is 4.79 Å². The summed E-state index contributed by atoms with van der Waals surface area (Å²) in [6.07, 6.45) is 0. The molecule has 21 heavy (non-hydrogen) atoms. The molecular weight excluding hydrogens is 285 g/mol. The Morgan fingerprint density at radius 1 is 1.24 bits per heavy atom. The predicted molar refractivity (Wildman–Crippen MR) is 71.7 cm³/mol. The first-order valence-corrected chi connectivity index (χ1v) is 5.82. The Hall–Kier alpha value is -2.70. The first kappa shape index (κ1) is 14.7. The van der Waals surface area contributed by atoms with Crippen molar-refractivity contribution in [2.75, 3.05) is 18.2 Å². The van der Waals surface area contributed by atoms with Crippen molar-refractivity contribution in [3.8, 4) is 5.75 Å². The zero-order valence-electron chi connectivity index (χ0n) is 10.9. The number of hydrogen-bond acceptors (Lipinski definition) is 3. The largest absolute Gasteiger partial charge is 0.494 e. The number of carbonyl (C=O) groups is 1. The van der Waals surface area contributed by atoms with Crippen molar-refractivity contribution in [1.29, 1.82) is 0 Å². The Morgan fingerprint density at radius 3 is 2.62 bits per heavy atom. The zero-order valence-corrected chi connectivity index (χ0v) is 10.9. The third kappa shape index (κ3) is 2.91. The normalized spacial score (nSPS) is 10.3. The van der Waals surface area contributed by atoms with Crippen LogP contribution < -0.4 is 15.8 Å². The maximum Gasteiger partial charge on any atom is 0.259 e. The van der Waals surface area contributed by atoms with E-state index < -0.39 is 29.0 Å². The molecule has 0 saturated carbocycles. The summed E-state index contributed by atoms with van der Waals surface area (Å²) in [6.45, 7) is 0. The quantitative estimate of drug-likeness (QED) is 0.676. The van der Waals surface area contributed by atoms with E-state index in [0.29, 0.717) is 12.1 Å². The van der Waals surface area contributed by atoms with E-state index in [1.54, 1.807) is 0 Å². The zero-order chi connectivity index (χ0) is 15.6. The molecular formula is C14H11F3N2O2. The number of anilines is 2. The first-order valence-electron chi connectivity index (χ1n) is 5.82. The maximum absolute atomic E-state index is 13.5. The van der Waals surface area contributed by atoms with Gasteiger partial charge in [0.25, 0.3) is 5.91 Å². The molecule has 110 valence electrons. The van der Waals surface area contributed by atoms with Crippen LogP contribution in [0.15, 0.2) is 30.3 Å². The highest BCUT2D eigenvalue weighted by atomic mass is 19.2. The molecule has 0 heterocycles. The van der Waals surface area contributed by atoms with Gasteiger partial charge in [-0.1, -0.05) is 6.07 Å². The van der Waals surface area contributed by atoms with Crippen molar-refractivity contribution in [1.82, 2.24) is 0 Å². The second kappa shape index (κ2) is 5.74. The van der Waals surface area contributed by atoms with Crippen LogP contribution in [-0.4, -0.2) is 13.0 Å². The van der Waals surface area contributed by atoms with Crippen molar-refractivity contribution in [2.24, 2.45) is 0 Å². The van der Waals surface area contributed by atoms with Crippen LogP contribution in [0.5, 0.6) is 5.75 Å². The summed E-state index contributed by atoms with van der Waals surface area (Å²) in [4.78, 5) is 12.1. The lowest BCUT2D eigenvalue weighted by atomic mass is 10.1. The summed E-state index contributed by atoms with van der Waals surface area (Å²) in [5.74, 6) is -4.48. The molecule has 0 aromatic heterocycles. The predicted octanol–water partition coefficient (Wildman–Crippen LogP) is 2.95. The lowest BCUT2D eigenvalue weighted by molar-refractivity contribution is 0.102. The monoisotopic (exact) mass is 296 g/mol. The Labute approximate surface area is 118 Å². The van der Waals surface area contributed by atoms with Gasteiger partial charge < -0.3 is 15.8 Å². The van der Waals surface area contributed by atoms with E-state index in [1.165, 1.54) is 25.3 Å². The fourth-order valence-electron chi connectivity index (χ4n) is 1.80. The lowest BCUT2D eigenvalue weighted by Crippen LogP contribution is -2.15. The Balaban J connectivity index is 2.37. The van der Waals surface area contributed by atoms with Crippen molar-refractivity contribution in [3.05, 3.63) is 53.3 Å². The number of carbonyl (C=O) groups excluding carboxylic acids is 1.